The number of carbonyl (C=O) groups excluding carboxylic acids is 3. The van der Waals surface area contributed by atoms with Gasteiger partial charge in [-0.25, -0.2) is 0 Å². The van der Waals surface area contributed by atoms with Crippen molar-refractivity contribution < 1.29 is 19.1 Å². The van der Waals surface area contributed by atoms with Crippen LogP contribution in [0.3, 0.4) is 0 Å². The average molecular weight is 360 g/mol. The van der Waals surface area contributed by atoms with Crippen molar-refractivity contribution in [2.75, 3.05) is 19.0 Å². The highest BCUT2D eigenvalue weighted by atomic mass is 32.1. The molecule has 1 aromatic heterocycles. The summed E-state index contributed by atoms with van der Waals surface area (Å²) < 4.78 is 5.19. The molecule has 0 aliphatic heterocycles. The second kappa shape index (κ2) is 8.98. The molecule has 2 amide bonds. The second-order valence-corrected chi connectivity index (χ2v) is 6.38. The van der Waals surface area contributed by atoms with E-state index in [2.05, 4.69) is 10.6 Å². The summed E-state index contributed by atoms with van der Waals surface area (Å²) in [5, 5.41) is 7.03. The monoisotopic (exact) mass is 360 g/mol. The fourth-order valence-electron chi connectivity index (χ4n) is 2.17. The highest BCUT2D eigenvalue weighted by Crippen LogP contribution is 2.24. The number of anilines is 1. The Balaban J connectivity index is 1.77. The van der Waals surface area contributed by atoms with Gasteiger partial charge >= 0.3 is 0 Å². The topological polar surface area (TPSA) is 84.5 Å². The van der Waals surface area contributed by atoms with Gasteiger partial charge in [-0.3, -0.25) is 14.4 Å². The van der Waals surface area contributed by atoms with E-state index >= 15 is 0 Å². The Bertz CT molecular complexity index is 756. The SMILES string of the molecule is COc1ccc(C)cc1NC(=O)CNC(=O)CCC(=O)c1cccs1. The van der Waals surface area contributed by atoms with Crippen molar-refractivity contribution in [3.63, 3.8) is 0 Å². The van der Waals surface area contributed by atoms with Crippen LogP contribution in [0.15, 0.2) is 35.7 Å². The normalized spacial score (nSPS) is 10.2. The van der Waals surface area contributed by atoms with Gasteiger partial charge in [0.15, 0.2) is 5.78 Å². The molecule has 0 aliphatic rings. The molecule has 0 atom stereocenters. The molecular weight excluding hydrogens is 340 g/mol. The number of thiophene rings is 1. The molecule has 1 aromatic carbocycles. The van der Waals surface area contributed by atoms with Crippen molar-refractivity contribution in [1.29, 1.82) is 0 Å². The highest BCUT2D eigenvalue weighted by Gasteiger charge is 2.12. The Morgan fingerprint density at radius 1 is 1.12 bits per heavy atom. The Labute approximate surface area is 150 Å². The molecule has 0 bridgehead atoms. The molecule has 6 nitrogen and oxygen atoms in total. The van der Waals surface area contributed by atoms with Crippen molar-refractivity contribution in [3.8, 4) is 5.75 Å². The molecule has 0 saturated heterocycles. The van der Waals surface area contributed by atoms with Gasteiger partial charge in [-0.1, -0.05) is 12.1 Å². The van der Waals surface area contributed by atoms with Gasteiger partial charge in [-0.2, -0.15) is 0 Å². The van der Waals surface area contributed by atoms with Gasteiger partial charge in [0.2, 0.25) is 11.8 Å². The van der Waals surface area contributed by atoms with E-state index in [0.29, 0.717) is 16.3 Å². The number of aryl methyl sites for hydroxylation is 1. The Morgan fingerprint density at radius 2 is 1.92 bits per heavy atom. The summed E-state index contributed by atoms with van der Waals surface area (Å²) in [5.74, 6) is -0.219. The zero-order chi connectivity index (χ0) is 18.2. The minimum absolute atomic E-state index is 0.0534. The number of rotatable bonds is 8. The van der Waals surface area contributed by atoms with E-state index in [-0.39, 0.29) is 37.0 Å². The van der Waals surface area contributed by atoms with Crippen LogP contribution in [-0.2, 0) is 9.59 Å². The molecule has 2 aromatic rings. The van der Waals surface area contributed by atoms with Crippen LogP contribution in [0, 0.1) is 6.92 Å². The lowest BCUT2D eigenvalue weighted by Crippen LogP contribution is -2.33. The highest BCUT2D eigenvalue weighted by molar-refractivity contribution is 7.12. The van der Waals surface area contributed by atoms with Crippen LogP contribution in [0.1, 0.15) is 28.1 Å². The number of amides is 2. The summed E-state index contributed by atoms with van der Waals surface area (Å²) in [6.45, 7) is 1.74. The van der Waals surface area contributed by atoms with Crippen molar-refractivity contribution in [3.05, 3.63) is 46.2 Å². The molecule has 25 heavy (non-hydrogen) atoms. The first-order chi connectivity index (χ1) is 12.0. The number of benzene rings is 1. The number of hydrogen-bond donors (Lipinski definition) is 2. The molecule has 0 spiro atoms. The molecular formula is C18H20N2O4S. The predicted molar refractivity (Wildman–Crippen MR) is 97.3 cm³/mol. The zero-order valence-electron chi connectivity index (χ0n) is 14.1. The van der Waals surface area contributed by atoms with Crippen molar-refractivity contribution in [2.45, 2.75) is 19.8 Å². The minimum atomic E-state index is -0.359. The van der Waals surface area contributed by atoms with Gasteiger partial charge in [0.25, 0.3) is 0 Å². The number of ether oxygens (including phenoxy) is 1. The van der Waals surface area contributed by atoms with Crippen LogP contribution in [0.2, 0.25) is 0 Å². The maximum Gasteiger partial charge on any atom is 0.243 e. The van der Waals surface area contributed by atoms with Crippen molar-refractivity contribution in [2.24, 2.45) is 0 Å². The first-order valence-electron chi connectivity index (χ1n) is 7.77. The summed E-state index contributed by atoms with van der Waals surface area (Å²) in [6, 6.07) is 8.95. The number of hydrogen-bond acceptors (Lipinski definition) is 5. The van der Waals surface area contributed by atoms with Crippen LogP contribution in [0.25, 0.3) is 0 Å². The third kappa shape index (κ3) is 5.72. The van der Waals surface area contributed by atoms with Crippen molar-refractivity contribution >= 4 is 34.6 Å². The number of nitrogens with one attached hydrogen (secondary N) is 2. The van der Waals surface area contributed by atoms with E-state index in [1.807, 2.05) is 18.4 Å². The van der Waals surface area contributed by atoms with E-state index in [9.17, 15) is 14.4 Å². The molecule has 2 rings (SSSR count). The lowest BCUT2D eigenvalue weighted by atomic mass is 10.2. The molecule has 0 fully saturated rings. The summed E-state index contributed by atoms with van der Waals surface area (Å²) >= 11 is 1.35. The van der Waals surface area contributed by atoms with Gasteiger partial charge in [-0.15, -0.1) is 11.3 Å². The summed E-state index contributed by atoms with van der Waals surface area (Å²) in [5.41, 5.74) is 1.53. The van der Waals surface area contributed by atoms with Crippen LogP contribution in [0.5, 0.6) is 5.75 Å². The first-order valence-corrected chi connectivity index (χ1v) is 8.65. The maximum absolute atomic E-state index is 12.0. The molecule has 0 unspecified atom stereocenters. The van der Waals surface area contributed by atoms with E-state index in [1.165, 1.54) is 18.4 Å². The van der Waals surface area contributed by atoms with Crippen LogP contribution in [0.4, 0.5) is 5.69 Å². The van der Waals surface area contributed by atoms with E-state index in [1.54, 1.807) is 24.3 Å². The number of carbonyl (C=O) groups is 3. The lowest BCUT2D eigenvalue weighted by Gasteiger charge is -2.11. The Morgan fingerprint density at radius 3 is 2.60 bits per heavy atom. The summed E-state index contributed by atoms with van der Waals surface area (Å²) in [7, 11) is 1.52. The molecule has 0 aliphatic carbocycles. The third-order valence-corrected chi connectivity index (χ3v) is 4.36. The maximum atomic E-state index is 12.0. The van der Waals surface area contributed by atoms with Crippen molar-refractivity contribution in [1.82, 2.24) is 5.32 Å². The quantitative estimate of drug-likeness (QED) is 0.709. The standard InChI is InChI=1S/C18H20N2O4S/c1-12-5-7-15(24-2)13(10-12)20-18(23)11-19-17(22)8-6-14(21)16-4-3-9-25-16/h3-5,7,9-10H,6,8,11H2,1-2H3,(H,19,22)(H,20,23). The molecule has 7 heteroatoms. The zero-order valence-corrected chi connectivity index (χ0v) is 14.9. The number of ketones is 1. The van der Waals surface area contributed by atoms with Gasteiger partial charge in [0, 0.05) is 12.8 Å². The average Bonchev–Trinajstić information content (AvgIpc) is 3.13. The van der Waals surface area contributed by atoms with E-state index in [4.69, 9.17) is 4.74 Å². The fourth-order valence-corrected chi connectivity index (χ4v) is 2.86. The molecule has 0 saturated carbocycles. The van der Waals surface area contributed by atoms with Gasteiger partial charge in [0.1, 0.15) is 5.75 Å². The summed E-state index contributed by atoms with van der Waals surface area (Å²) in [6.07, 6.45) is 0.178. The molecule has 1 heterocycles. The van der Waals surface area contributed by atoms with E-state index < -0.39 is 0 Å². The lowest BCUT2D eigenvalue weighted by molar-refractivity contribution is -0.124. The Kier molecular flexibility index (Phi) is 6.71. The van der Waals surface area contributed by atoms with Crippen LogP contribution < -0.4 is 15.4 Å². The molecule has 2 N–H and O–H groups in total. The molecule has 132 valence electrons. The Hall–Kier alpha value is -2.67. The first kappa shape index (κ1) is 18.7. The predicted octanol–water partition coefficient (Wildman–Crippen LogP) is 2.78. The fraction of sp³-hybridized carbons (Fsp3) is 0.278. The molecule has 0 radical (unpaired) electrons. The van der Waals surface area contributed by atoms with Crippen LogP contribution in [-0.4, -0.2) is 31.3 Å². The smallest absolute Gasteiger partial charge is 0.243 e. The summed E-state index contributed by atoms with van der Waals surface area (Å²) in [4.78, 5) is 36.2. The van der Waals surface area contributed by atoms with Gasteiger partial charge in [0.05, 0.1) is 24.2 Å². The van der Waals surface area contributed by atoms with Gasteiger partial charge < -0.3 is 15.4 Å². The third-order valence-electron chi connectivity index (χ3n) is 3.45. The van der Waals surface area contributed by atoms with Gasteiger partial charge in [-0.05, 0) is 36.1 Å². The largest absolute Gasteiger partial charge is 0.495 e. The second-order valence-electron chi connectivity index (χ2n) is 5.43. The minimum Gasteiger partial charge on any atom is -0.495 e. The van der Waals surface area contributed by atoms with Crippen LogP contribution >= 0.6 is 11.3 Å². The number of methoxy groups -OCH3 is 1. The number of Topliss-reactive ketones (excluding diaryl/α,β-unsaturated/α-hetero) is 1. The van der Waals surface area contributed by atoms with E-state index in [0.717, 1.165) is 5.56 Å².